The van der Waals surface area contributed by atoms with E-state index in [-0.39, 0.29) is 29.3 Å². The third-order valence-electron chi connectivity index (χ3n) is 4.01. The summed E-state index contributed by atoms with van der Waals surface area (Å²) in [5.74, 6) is -0.790. The summed E-state index contributed by atoms with van der Waals surface area (Å²) < 4.78 is 33.1. The van der Waals surface area contributed by atoms with Gasteiger partial charge in [0.25, 0.3) is 0 Å². The molecule has 0 fully saturated rings. The Balaban J connectivity index is 0.00000676. The van der Waals surface area contributed by atoms with Crippen LogP contribution in [0.2, 0.25) is 0 Å². The summed E-state index contributed by atoms with van der Waals surface area (Å²) in [6.45, 7) is 5.26. The maximum absolute atomic E-state index is 12.8. The molecule has 0 amide bonds. The van der Waals surface area contributed by atoms with E-state index >= 15 is 0 Å². The van der Waals surface area contributed by atoms with E-state index in [9.17, 15) is 18.3 Å². The first-order valence-corrected chi connectivity index (χ1v) is 9.44. The number of carbonyl (C=O) groups is 1. The smallest absolute Gasteiger partial charge is 0.321 e. The molecule has 0 radical (unpaired) electrons. The molecule has 154 valence electrons. The number of nitrogens with one attached hydrogen (secondary N) is 1. The summed E-state index contributed by atoms with van der Waals surface area (Å²) in [4.78, 5) is 15.3. The molecule has 11 heteroatoms. The molecule has 0 aromatic heterocycles. The minimum Gasteiger partial charge on any atom is -0.496 e. The van der Waals surface area contributed by atoms with Gasteiger partial charge >= 0.3 is 5.97 Å². The normalized spacial score (nSPS) is 12.0. The van der Waals surface area contributed by atoms with Crippen LogP contribution in [0.5, 0.6) is 5.75 Å². The molecule has 0 aliphatic heterocycles. The highest BCUT2D eigenvalue weighted by molar-refractivity contribution is 7.89. The Morgan fingerprint density at radius 1 is 1.30 bits per heavy atom. The van der Waals surface area contributed by atoms with Crippen LogP contribution >= 0.6 is 0 Å². The standard InChI is InChI=1S/C16H26N4O5S.H2O/c1-9-8-13(25-4)10(2)11(3)14(9)26(23,24)20-12(15(21)22)6-5-7-19-16(17)18;/h8,12,20H,5-7H2,1-4H3,(H,21,22)(H4,17,18,19);1H2. The van der Waals surface area contributed by atoms with Crippen molar-refractivity contribution < 1.29 is 28.5 Å². The lowest BCUT2D eigenvalue weighted by molar-refractivity contribution is -0.139. The molecule has 1 rings (SSSR count). The van der Waals surface area contributed by atoms with E-state index in [1.54, 1.807) is 26.8 Å². The van der Waals surface area contributed by atoms with Crippen LogP contribution in [0.3, 0.4) is 0 Å². The van der Waals surface area contributed by atoms with Crippen molar-refractivity contribution in [3.8, 4) is 5.75 Å². The van der Waals surface area contributed by atoms with Crippen molar-refractivity contribution in [3.05, 3.63) is 22.8 Å². The largest absolute Gasteiger partial charge is 0.496 e. The predicted octanol–water partition coefficient (Wildman–Crippen LogP) is -0.419. The number of nitrogens with zero attached hydrogens (tertiary/aromatic N) is 1. The number of guanidine groups is 1. The summed E-state index contributed by atoms with van der Waals surface area (Å²) in [6, 6.07) is 0.334. The Morgan fingerprint density at radius 3 is 2.37 bits per heavy atom. The predicted molar refractivity (Wildman–Crippen MR) is 102 cm³/mol. The first-order chi connectivity index (χ1) is 12.0. The first kappa shape index (κ1) is 24.6. The van der Waals surface area contributed by atoms with Gasteiger partial charge in [-0.05, 0) is 56.4 Å². The summed E-state index contributed by atoms with van der Waals surface area (Å²) >= 11 is 0. The second-order valence-electron chi connectivity index (χ2n) is 5.94. The number of methoxy groups -OCH3 is 1. The maximum atomic E-state index is 12.8. The van der Waals surface area contributed by atoms with E-state index in [0.29, 0.717) is 28.9 Å². The third-order valence-corrected chi connectivity index (χ3v) is 5.77. The molecule has 1 atom stereocenters. The Labute approximate surface area is 159 Å². The molecule has 1 unspecified atom stereocenters. The third kappa shape index (κ3) is 6.38. The number of rotatable bonds is 9. The number of nitrogens with two attached hydrogens (primary N) is 2. The molecule has 10 nitrogen and oxygen atoms in total. The van der Waals surface area contributed by atoms with Crippen molar-refractivity contribution in [3.63, 3.8) is 0 Å². The molecule has 0 aliphatic carbocycles. The van der Waals surface area contributed by atoms with Gasteiger partial charge in [0.05, 0.1) is 12.0 Å². The van der Waals surface area contributed by atoms with Gasteiger partial charge in [-0.15, -0.1) is 0 Å². The van der Waals surface area contributed by atoms with Gasteiger partial charge in [0.1, 0.15) is 11.8 Å². The number of hydrogen-bond donors (Lipinski definition) is 4. The van der Waals surface area contributed by atoms with Crippen LogP contribution in [-0.4, -0.2) is 50.6 Å². The van der Waals surface area contributed by atoms with Crippen LogP contribution in [0.25, 0.3) is 0 Å². The molecule has 0 aliphatic rings. The first-order valence-electron chi connectivity index (χ1n) is 7.96. The Bertz CT molecular complexity index is 804. The van der Waals surface area contributed by atoms with Crippen molar-refractivity contribution >= 4 is 22.0 Å². The molecular formula is C16H28N4O6S. The van der Waals surface area contributed by atoms with Crippen molar-refractivity contribution in [2.75, 3.05) is 13.7 Å². The molecule has 1 aromatic carbocycles. The highest BCUT2D eigenvalue weighted by Crippen LogP contribution is 2.30. The van der Waals surface area contributed by atoms with Crippen LogP contribution in [0.4, 0.5) is 0 Å². The number of aryl methyl sites for hydroxylation is 1. The number of aliphatic imine (C=N–C) groups is 1. The minimum atomic E-state index is -4.04. The number of sulfonamides is 1. The van der Waals surface area contributed by atoms with E-state index in [2.05, 4.69) is 9.71 Å². The van der Waals surface area contributed by atoms with E-state index in [1.807, 2.05) is 0 Å². The lowest BCUT2D eigenvalue weighted by atomic mass is 10.1. The number of ether oxygens (including phenoxy) is 1. The molecule has 0 heterocycles. The van der Waals surface area contributed by atoms with Crippen LogP contribution < -0.4 is 20.9 Å². The van der Waals surface area contributed by atoms with Crippen molar-refractivity contribution in [2.24, 2.45) is 16.5 Å². The zero-order valence-electron chi connectivity index (χ0n) is 15.9. The van der Waals surface area contributed by atoms with Gasteiger partial charge in [0.2, 0.25) is 10.0 Å². The molecule has 0 saturated heterocycles. The molecule has 0 bridgehead atoms. The second-order valence-corrected chi connectivity index (χ2v) is 7.59. The van der Waals surface area contributed by atoms with Gasteiger partial charge in [0, 0.05) is 6.54 Å². The van der Waals surface area contributed by atoms with Gasteiger partial charge < -0.3 is 26.8 Å². The fraction of sp³-hybridized carbons (Fsp3) is 0.500. The molecule has 0 saturated carbocycles. The maximum Gasteiger partial charge on any atom is 0.321 e. The van der Waals surface area contributed by atoms with E-state index in [1.165, 1.54) is 7.11 Å². The van der Waals surface area contributed by atoms with Gasteiger partial charge in [0.15, 0.2) is 5.96 Å². The Kier molecular flexibility index (Phi) is 9.21. The van der Waals surface area contributed by atoms with Gasteiger partial charge in [-0.25, -0.2) is 8.42 Å². The van der Waals surface area contributed by atoms with Crippen LogP contribution in [0, 0.1) is 20.8 Å². The van der Waals surface area contributed by atoms with Gasteiger partial charge in [-0.2, -0.15) is 4.72 Å². The summed E-state index contributed by atoms with van der Waals surface area (Å²) in [6.07, 6.45) is 0.371. The average Bonchev–Trinajstić information content (AvgIpc) is 2.53. The average molecular weight is 404 g/mol. The molecule has 27 heavy (non-hydrogen) atoms. The summed E-state index contributed by atoms with van der Waals surface area (Å²) in [7, 11) is -2.53. The minimum absolute atomic E-state index is 0. The van der Waals surface area contributed by atoms with E-state index in [0.717, 1.165) is 0 Å². The van der Waals surface area contributed by atoms with Crippen molar-refractivity contribution in [1.29, 1.82) is 0 Å². The topological polar surface area (TPSA) is 189 Å². The molecule has 8 N–H and O–H groups in total. The van der Waals surface area contributed by atoms with Gasteiger partial charge in [-0.1, -0.05) is 0 Å². The molecule has 1 aromatic rings. The van der Waals surface area contributed by atoms with Crippen LogP contribution in [0.15, 0.2) is 16.0 Å². The summed E-state index contributed by atoms with van der Waals surface area (Å²) in [5, 5.41) is 9.34. The van der Waals surface area contributed by atoms with E-state index in [4.69, 9.17) is 16.2 Å². The second kappa shape index (κ2) is 10.1. The van der Waals surface area contributed by atoms with E-state index < -0.39 is 22.0 Å². The molecule has 0 spiro atoms. The Morgan fingerprint density at radius 2 is 1.89 bits per heavy atom. The quantitative estimate of drug-likeness (QED) is 0.244. The fourth-order valence-electron chi connectivity index (χ4n) is 2.63. The molecular weight excluding hydrogens is 376 g/mol. The number of aliphatic carboxylic acids is 1. The number of carboxylic acids is 1. The number of hydrogen-bond acceptors (Lipinski definition) is 5. The zero-order valence-corrected chi connectivity index (χ0v) is 16.7. The monoisotopic (exact) mass is 404 g/mol. The van der Waals surface area contributed by atoms with Crippen molar-refractivity contribution in [2.45, 2.75) is 44.6 Å². The highest BCUT2D eigenvalue weighted by Gasteiger charge is 2.28. The summed E-state index contributed by atoms with van der Waals surface area (Å²) in [5.41, 5.74) is 12.1. The van der Waals surface area contributed by atoms with Crippen molar-refractivity contribution in [1.82, 2.24) is 4.72 Å². The number of benzene rings is 1. The van der Waals surface area contributed by atoms with Gasteiger partial charge in [-0.3, -0.25) is 9.79 Å². The fourth-order valence-corrected chi connectivity index (χ4v) is 4.38. The lowest BCUT2D eigenvalue weighted by Gasteiger charge is -2.19. The SMILES string of the molecule is COc1cc(C)c(S(=O)(=O)NC(CCCN=C(N)N)C(=O)O)c(C)c1C.O. The lowest BCUT2D eigenvalue weighted by Crippen LogP contribution is -2.41. The Hall–Kier alpha value is -2.37. The van der Waals surface area contributed by atoms with Crippen LogP contribution in [0.1, 0.15) is 29.5 Å². The highest BCUT2D eigenvalue weighted by atomic mass is 32.2. The number of carboxylic acid groups (broad SMARTS) is 1. The zero-order chi connectivity index (χ0) is 20.1. The van der Waals surface area contributed by atoms with Crippen LogP contribution in [-0.2, 0) is 14.8 Å².